The van der Waals surface area contributed by atoms with Crippen molar-refractivity contribution in [1.29, 1.82) is 5.41 Å². The first-order valence-electron chi connectivity index (χ1n) is 12.6. The molecule has 9 nitrogen and oxygen atoms in total. The zero-order valence-electron chi connectivity index (χ0n) is 22.8. The fourth-order valence-corrected chi connectivity index (χ4v) is 4.80. The Morgan fingerprint density at radius 1 is 1.12 bits per heavy atom. The Hall–Kier alpha value is -2.80. The van der Waals surface area contributed by atoms with E-state index in [4.69, 9.17) is 20.6 Å². The molecule has 0 bridgehead atoms. The number of aryl methyl sites for hydroxylation is 1. The van der Waals surface area contributed by atoms with Gasteiger partial charge in [0, 0.05) is 54.6 Å². The molecule has 0 unspecified atom stereocenters. The molecule has 4 N–H and O–H groups in total. The molecule has 2 heterocycles. The largest absolute Gasteiger partial charge is 1.00 e. The number of nitrogens with one attached hydrogen (secondary N) is 1. The molecule has 0 saturated heterocycles. The molecule has 2 aromatic carbocycles. The van der Waals surface area contributed by atoms with Gasteiger partial charge in [-0.1, -0.05) is 0 Å². The summed E-state index contributed by atoms with van der Waals surface area (Å²) < 4.78 is 27.8. The molecular formula is C29H30FKN6O3. The number of rotatable bonds is 10. The van der Waals surface area contributed by atoms with Gasteiger partial charge in [0.1, 0.15) is 41.3 Å². The van der Waals surface area contributed by atoms with E-state index in [1.54, 1.807) is 44.6 Å². The number of halogens is 1. The Morgan fingerprint density at radius 2 is 1.80 bits per heavy atom. The standard InChI is InChI=1S/C29H30FN6O3.K/c1-17-34-12-19(13-35-17)16-38-24-9-21(30)10-25(11-24)39-23-5-3-22(4-6-23)36-14-26(20-7-18(8-20)15-37)27(33-2)28(36)29(31)32;/h3-6,9-14,18,20,37H,7-8,15-16H2,1-2H3,(H3,31,32);/q-1;+1. The van der Waals surface area contributed by atoms with Crippen LogP contribution in [0.4, 0.5) is 10.1 Å². The van der Waals surface area contributed by atoms with Crippen molar-refractivity contribution >= 4 is 11.5 Å². The molecule has 40 heavy (non-hydrogen) atoms. The maximum Gasteiger partial charge on any atom is 1.00 e. The molecule has 0 radical (unpaired) electrons. The summed E-state index contributed by atoms with van der Waals surface area (Å²) in [5, 5.41) is 22.0. The molecule has 0 amide bonds. The number of nitrogen functional groups attached to an aromatic ring is 1. The number of aliphatic hydroxyl groups excluding tert-OH is 1. The molecule has 0 atom stereocenters. The van der Waals surface area contributed by atoms with Crippen LogP contribution in [0.3, 0.4) is 0 Å². The quantitative estimate of drug-likeness (QED) is 0.153. The minimum Gasteiger partial charge on any atom is -0.685 e. The second-order valence-electron chi connectivity index (χ2n) is 9.65. The van der Waals surface area contributed by atoms with Gasteiger partial charge < -0.3 is 30.2 Å². The SMILES string of the molecule is C[N-]c1c(C2CC(CO)C2)cn(-c2ccc(Oc3cc(F)cc(OCc4cnc(C)nc4)c3)cc2)c1C(=N)N.[K+]. The summed E-state index contributed by atoms with van der Waals surface area (Å²) in [4.78, 5) is 8.27. The Balaban J connectivity index is 0.00000370. The molecule has 11 heteroatoms. The number of hydrogen-bond donors (Lipinski definition) is 3. The minimum absolute atomic E-state index is 0. The van der Waals surface area contributed by atoms with Crippen LogP contribution in [0.25, 0.3) is 11.0 Å². The van der Waals surface area contributed by atoms with Gasteiger partial charge in [0.2, 0.25) is 0 Å². The predicted molar refractivity (Wildman–Crippen MR) is 146 cm³/mol. The predicted octanol–water partition coefficient (Wildman–Crippen LogP) is 2.50. The first-order valence-corrected chi connectivity index (χ1v) is 12.6. The molecule has 2 aromatic heterocycles. The molecule has 202 valence electrons. The topological polar surface area (TPSA) is 133 Å². The molecule has 0 spiro atoms. The van der Waals surface area contributed by atoms with E-state index < -0.39 is 5.82 Å². The van der Waals surface area contributed by atoms with Crippen molar-refractivity contribution in [3.63, 3.8) is 0 Å². The van der Waals surface area contributed by atoms with Gasteiger partial charge in [0.15, 0.2) is 0 Å². The molecule has 5 rings (SSSR count). The number of benzene rings is 2. The van der Waals surface area contributed by atoms with E-state index >= 15 is 0 Å². The van der Waals surface area contributed by atoms with Crippen LogP contribution < -0.4 is 66.6 Å². The Bertz CT molecular complexity index is 1470. The summed E-state index contributed by atoms with van der Waals surface area (Å²) in [6.07, 6.45) is 7.07. The van der Waals surface area contributed by atoms with Crippen molar-refractivity contribution in [3.8, 4) is 22.9 Å². The first kappa shape index (κ1) is 30.2. The number of amidine groups is 1. The van der Waals surface area contributed by atoms with Crippen LogP contribution in [0, 0.1) is 24.1 Å². The molecule has 1 saturated carbocycles. The number of aromatic nitrogens is 3. The summed E-state index contributed by atoms with van der Waals surface area (Å²) in [7, 11) is 1.69. The van der Waals surface area contributed by atoms with Crippen LogP contribution in [-0.4, -0.2) is 39.1 Å². The van der Waals surface area contributed by atoms with Gasteiger partial charge in [-0.25, -0.2) is 14.4 Å². The van der Waals surface area contributed by atoms with Crippen molar-refractivity contribution < 1.29 is 70.4 Å². The molecule has 4 aromatic rings. The number of ether oxygens (including phenoxy) is 2. The molecular weight excluding hydrogens is 538 g/mol. The minimum atomic E-state index is -0.486. The average molecular weight is 569 g/mol. The number of nitrogens with two attached hydrogens (primary N) is 1. The van der Waals surface area contributed by atoms with E-state index in [-0.39, 0.29) is 76.4 Å². The first-order chi connectivity index (χ1) is 18.8. The summed E-state index contributed by atoms with van der Waals surface area (Å²) in [6, 6.07) is 11.4. The molecule has 0 aliphatic heterocycles. The van der Waals surface area contributed by atoms with Gasteiger partial charge in [-0.05, 0) is 61.4 Å². The summed E-state index contributed by atoms with van der Waals surface area (Å²) in [6.45, 7) is 2.17. The third-order valence-electron chi connectivity index (χ3n) is 6.85. The van der Waals surface area contributed by atoms with E-state index in [0.29, 0.717) is 40.4 Å². The number of aliphatic hydroxyl groups is 1. The summed E-state index contributed by atoms with van der Waals surface area (Å²) in [5.74, 6) is 1.78. The maximum atomic E-state index is 14.3. The van der Waals surface area contributed by atoms with Crippen molar-refractivity contribution in [3.05, 3.63) is 94.8 Å². The fourth-order valence-electron chi connectivity index (χ4n) is 4.80. The van der Waals surface area contributed by atoms with Crippen LogP contribution in [0.2, 0.25) is 0 Å². The third-order valence-corrected chi connectivity index (χ3v) is 6.85. The van der Waals surface area contributed by atoms with Crippen molar-refractivity contribution in [2.24, 2.45) is 11.7 Å². The monoisotopic (exact) mass is 568 g/mol. The normalized spacial score (nSPS) is 16.0. The van der Waals surface area contributed by atoms with Crippen LogP contribution in [0.15, 0.2) is 61.1 Å². The number of hydrogen-bond acceptors (Lipinski definition) is 6. The van der Waals surface area contributed by atoms with Crippen LogP contribution in [0.5, 0.6) is 17.2 Å². The van der Waals surface area contributed by atoms with Crippen LogP contribution in [0.1, 0.15) is 41.4 Å². The zero-order chi connectivity index (χ0) is 27.5. The van der Waals surface area contributed by atoms with Gasteiger partial charge in [-0.15, -0.1) is 12.7 Å². The van der Waals surface area contributed by atoms with Crippen molar-refractivity contribution in [2.45, 2.75) is 32.3 Å². The Morgan fingerprint density at radius 3 is 2.42 bits per heavy atom. The Kier molecular flexibility index (Phi) is 9.98. The average Bonchev–Trinajstić information content (AvgIpc) is 3.27. The smallest absolute Gasteiger partial charge is 0.685 e. The van der Waals surface area contributed by atoms with E-state index in [9.17, 15) is 9.50 Å². The van der Waals surface area contributed by atoms with E-state index in [0.717, 1.165) is 29.7 Å². The second-order valence-corrected chi connectivity index (χ2v) is 9.65. The van der Waals surface area contributed by atoms with E-state index in [1.807, 2.05) is 22.9 Å². The molecule has 1 fully saturated rings. The summed E-state index contributed by atoms with van der Waals surface area (Å²) >= 11 is 0. The third kappa shape index (κ3) is 6.73. The maximum absolute atomic E-state index is 14.3. The molecule has 1 aliphatic carbocycles. The van der Waals surface area contributed by atoms with Crippen LogP contribution >= 0.6 is 0 Å². The van der Waals surface area contributed by atoms with Gasteiger partial charge in [-0.3, -0.25) is 5.41 Å². The summed E-state index contributed by atoms with van der Waals surface area (Å²) in [5.41, 5.74) is 9.77. The zero-order valence-corrected chi connectivity index (χ0v) is 25.9. The van der Waals surface area contributed by atoms with Crippen LogP contribution in [-0.2, 0) is 6.61 Å². The van der Waals surface area contributed by atoms with Gasteiger partial charge >= 0.3 is 51.4 Å². The van der Waals surface area contributed by atoms with Crippen molar-refractivity contribution in [1.82, 2.24) is 14.5 Å². The van der Waals surface area contributed by atoms with Gasteiger partial charge in [-0.2, -0.15) is 0 Å². The Labute approximate surface area is 274 Å². The fraction of sp³-hybridized carbons (Fsp3) is 0.276. The molecule has 1 aliphatic rings. The van der Waals surface area contributed by atoms with Gasteiger partial charge in [0.25, 0.3) is 0 Å². The van der Waals surface area contributed by atoms with Crippen molar-refractivity contribution in [2.75, 3.05) is 13.7 Å². The number of nitrogens with zero attached hydrogens (tertiary/aromatic N) is 4. The van der Waals surface area contributed by atoms with E-state index in [2.05, 4.69) is 15.3 Å². The van der Waals surface area contributed by atoms with Gasteiger partial charge in [0.05, 0.1) is 5.69 Å². The van der Waals surface area contributed by atoms with E-state index in [1.165, 1.54) is 12.1 Å². The second kappa shape index (κ2) is 13.2.